The van der Waals surface area contributed by atoms with Gasteiger partial charge in [0.1, 0.15) is 34.5 Å². The molecule has 300 valence electrons. The molecule has 0 saturated heterocycles. The largest absolute Gasteiger partial charge is 0.519 e. The number of esters is 1. The van der Waals surface area contributed by atoms with Crippen LogP contribution in [0.2, 0.25) is 0 Å². The van der Waals surface area contributed by atoms with Gasteiger partial charge in [-0.1, -0.05) is 71.8 Å². The molecular formula is C52H45NO7. The van der Waals surface area contributed by atoms with Crippen LogP contribution in [-0.4, -0.2) is 19.2 Å². The molecule has 7 aromatic rings. The highest BCUT2D eigenvalue weighted by Crippen LogP contribution is 2.36. The van der Waals surface area contributed by atoms with Crippen molar-refractivity contribution < 1.29 is 33.3 Å². The lowest BCUT2D eigenvalue weighted by Gasteiger charge is -2.26. The first-order valence-electron chi connectivity index (χ1n) is 19.5. The van der Waals surface area contributed by atoms with E-state index in [1.165, 1.54) is 18.1 Å². The first-order valence-corrected chi connectivity index (χ1v) is 19.5. The fourth-order valence-corrected chi connectivity index (χ4v) is 6.63. The molecule has 8 nitrogen and oxygen atoms in total. The predicted octanol–water partition coefficient (Wildman–Crippen LogP) is 13.3. The Hall–Kier alpha value is -7.58. The van der Waals surface area contributed by atoms with Crippen molar-refractivity contribution in [3.63, 3.8) is 0 Å². The minimum absolute atomic E-state index is 0.333. The average molecular weight is 796 g/mol. The Morgan fingerprint density at radius 2 is 0.917 bits per heavy atom. The summed E-state index contributed by atoms with van der Waals surface area (Å²) in [4.78, 5) is 26.5. The van der Waals surface area contributed by atoms with E-state index in [0.29, 0.717) is 34.3 Å². The third-order valence-corrected chi connectivity index (χ3v) is 9.79. The second-order valence-electron chi connectivity index (χ2n) is 14.4. The van der Waals surface area contributed by atoms with Crippen molar-refractivity contribution >= 4 is 40.8 Å². The standard InChI is InChI=1S/C52H45NO7/c1-34-7-17-42(18-8-34)53(43-19-9-35(2)10-20-43)44-21-11-39(12-22-44)33-49(40-13-23-45(56-6)24-14-40)41-15-25-46(26-16-41)59-52(55)60-51-30-28-48(32-37(51)4)58-47-27-29-50(36(3)31-47)57-38(5)54/h7-33H,1-6H3. The third-order valence-electron chi connectivity index (χ3n) is 9.79. The van der Waals surface area contributed by atoms with Crippen molar-refractivity contribution in [2.24, 2.45) is 0 Å². The SMILES string of the molecule is COc1ccc(C(=Cc2ccc(N(c3ccc(C)cc3)c3ccc(C)cc3)cc2)c2ccc(OC(=O)Oc3ccc(Oc4ccc(OC(C)=O)c(C)c4)cc3C)cc2)cc1. The van der Waals surface area contributed by atoms with E-state index >= 15 is 0 Å². The molecule has 0 unspecified atom stereocenters. The maximum atomic E-state index is 12.9. The van der Waals surface area contributed by atoms with Gasteiger partial charge in [-0.3, -0.25) is 4.79 Å². The van der Waals surface area contributed by atoms with Gasteiger partial charge in [0.2, 0.25) is 0 Å². The fourth-order valence-electron chi connectivity index (χ4n) is 6.63. The number of hydrogen-bond acceptors (Lipinski definition) is 8. The molecule has 0 spiro atoms. The van der Waals surface area contributed by atoms with Crippen LogP contribution in [0.15, 0.2) is 158 Å². The molecule has 0 atom stereocenters. The van der Waals surface area contributed by atoms with E-state index in [0.717, 1.165) is 50.6 Å². The molecule has 0 N–H and O–H groups in total. The number of nitrogens with zero attached hydrogens (tertiary/aromatic N) is 1. The minimum atomic E-state index is -0.868. The van der Waals surface area contributed by atoms with E-state index in [4.69, 9.17) is 23.7 Å². The molecule has 0 saturated carbocycles. The highest BCUT2D eigenvalue weighted by atomic mass is 16.7. The molecule has 7 aromatic carbocycles. The summed E-state index contributed by atoms with van der Waals surface area (Å²) in [5.41, 5.74) is 10.9. The van der Waals surface area contributed by atoms with Crippen molar-refractivity contribution in [2.75, 3.05) is 12.0 Å². The van der Waals surface area contributed by atoms with Gasteiger partial charge in [-0.25, -0.2) is 4.79 Å². The molecule has 0 aliphatic rings. The van der Waals surface area contributed by atoms with Gasteiger partial charge >= 0.3 is 12.1 Å². The normalized spacial score (nSPS) is 11.1. The Balaban J connectivity index is 1.07. The lowest BCUT2D eigenvalue weighted by atomic mass is 9.95. The second-order valence-corrected chi connectivity index (χ2v) is 14.4. The van der Waals surface area contributed by atoms with Gasteiger partial charge in [-0.05, 0) is 164 Å². The van der Waals surface area contributed by atoms with Crippen LogP contribution in [0.25, 0.3) is 11.6 Å². The van der Waals surface area contributed by atoms with Crippen molar-refractivity contribution in [2.45, 2.75) is 34.6 Å². The van der Waals surface area contributed by atoms with Gasteiger partial charge in [-0.15, -0.1) is 0 Å². The summed E-state index contributed by atoms with van der Waals surface area (Å²) in [5, 5.41) is 0. The number of carbonyl (C=O) groups is 2. The smallest absolute Gasteiger partial charge is 0.497 e. The number of rotatable bonds is 12. The molecule has 8 heteroatoms. The third kappa shape index (κ3) is 10.1. The monoisotopic (exact) mass is 795 g/mol. The summed E-state index contributed by atoms with van der Waals surface area (Å²) in [6, 6.07) is 51.1. The van der Waals surface area contributed by atoms with E-state index in [2.05, 4.69) is 97.6 Å². The summed E-state index contributed by atoms with van der Waals surface area (Å²) in [6.07, 6.45) is 1.28. The summed E-state index contributed by atoms with van der Waals surface area (Å²) in [5.74, 6) is 2.63. The topological polar surface area (TPSA) is 83.5 Å². The van der Waals surface area contributed by atoms with Gasteiger partial charge in [0.05, 0.1) is 7.11 Å². The molecule has 60 heavy (non-hydrogen) atoms. The molecule has 0 bridgehead atoms. The summed E-state index contributed by atoms with van der Waals surface area (Å²) >= 11 is 0. The molecule has 0 aliphatic carbocycles. The zero-order valence-electron chi connectivity index (χ0n) is 34.4. The van der Waals surface area contributed by atoms with Crippen LogP contribution < -0.4 is 28.6 Å². The minimum Gasteiger partial charge on any atom is -0.497 e. The van der Waals surface area contributed by atoms with Crippen molar-refractivity contribution in [3.05, 3.63) is 197 Å². The maximum Gasteiger partial charge on any atom is 0.519 e. The van der Waals surface area contributed by atoms with Crippen LogP contribution in [0, 0.1) is 27.7 Å². The van der Waals surface area contributed by atoms with Crippen LogP contribution in [0.5, 0.6) is 34.5 Å². The molecular weight excluding hydrogens is 751 g/mol. The number of methoxy groups -OCH3 is 1. The zero-order chi connectivity index (χ0) is 42.2. The van der Waals surface area contributed by atoms with E-state index in [9.17, 15) is 9.59 Å². The highest BCUT2D eigenvalue weighted by Gasteiger charge is 2.15. The van der Waals surface area contributed by atoms with Gasteiger partial charge in [0.15, 0.2) is 0 Å². The lowest BCUT2D eigenvalue weighted by molar-refractivity contribution is -0.131. The highest BCUT2D eigenvalue weighted by molar-refractivity contribution is 5.92. The number of aryl methyl sites for hydroxylation is 4. The second kappa shape index (κ2) is 18.3. The zero-order valence-corrected chi connectivity index (χ0v) is 34.4. The van der Waals surface area contributed by atoms with Gasteiger partial charge in [0, 0.05) is 24.0 Å². The van der Waals surface area contributed by atoms with Crippen LogP contribution in [0.1, 0.15) is 45.9 Å². The van der Waals surface area contributed by atoms with Crippen LogP contribution in [-0.2, 0) is 4.79 Å². The van der Waals surface area contributed by atoms with E-state index in [1.54, 1.807) is 55.6 Å². The number of carbonyl (C=O) groups excluding carboxylic acids is 2. The molecule has 0 aromatic heterocycles. The van der Waals surface area contributed by atoms with Crippen LogP contribution in [0.3, 0.4) is 0 Å². The summed E-state index contributed by atoms with van der Waals surface area (Å²) in [6.45, 7) is 9.18. The van der Waals surface area contributed by atoms with Crippen molar-refractivity contribution in [3.8, 4) is 34.5 Å². The Morgan fingerprint density at radius 1 is 0.483 bits per heavy atom. The van der Waals surface area contributed by atoms with E-state index in [-0.39, 0.29) is 5.97 Å². The van der Waals surface area contributed by atoms with Crippen molar-refractivity contribution in [1.29, 1.82) is 0 Å². The van der Waals surface area contributed by atoms with E-state index < -0.39 is 6.16 Å². The molecule has 0 fully saturated rings. The molecule has 7 rings (SSSR count). The Kier molecular flexibility index (Phi) is 12.4. The Labute approximate surface area is 350 Å². The molecule has 0 aliphatic heterocycles. The van der Waals surface area contributed by atoms with Crippen LogP contribution >= 0.6 is 0 Å². The lowest BCUT2D eigenvalue weighted by Crippen LogP contribution is -2.14. The molecule has 0 radical (unpaired) electrons. The molecule has 0 heterocycles. The van der Waals surface area contributed by atoms with Gasteiger partial charge < -0.3 is 28.6 Å². The summed E-state index contributed by atoms with van der Waals surface area (Å²) in [7, 11) is 1.65. The Morgan fingerprint density at radius 3 is 1.37 bits per heavy atom. The fraction of sp³-hybridized carbons (Fsp3) is 0.115. The number of benzene rings is 7. The maximum absolute atomic E-state index is 12.9. The first-order chi connectivity index (χ1) is 29.0. The van der Waals surface area contributed by atoms with E-state index in [1.807, 2.05) is 50.2 Å². The number of hydrogen-bond donors (Lipinski definition) is 0. The Bertz CT molecular complexity index is 2590. The summed E-state index contributed by atoms with van der Waals surface area (Å²) < 4.78 is 27.8. The predicted molar refractivity (Wildman–Crippen MR) is 237 cm³/mol. The van der Waals surface area contributed by atoms with Gasteiger partial charge in [0.25, 0.3) is 0 Å². The number of ether oxygens (including phenoxy) is 5. The first kappa shape index (κ1) is 40.6. The molecule has 0 amide bonds. The number of anilines is 3. The average Bonchev–Trinajstić information content (AvgIpc) is 3.24. The van der Waals surface area contributed by atoms with Crippen LogP contribution in [0.4, 0.5) is 21.9 Å². The quantitative estimate of drug-likeness (QED) is 0.0523. The van der Waals surface area contributed by atoms with Gasteiger partial charge in [-0.2, -0.15) is 0 Å². The van der Waals surface area contributed by atoms with Crippen molar-refractivity contribution in [1.82, 2.24) is 0 Å².